The number of unbranched alkanes of at least 4 members (excludes halogenated alkanes) is 18. The minimum atomic E-state index is 0.147. The highest BCUT2D eigenvalue weighted by Gasteiger charge is 2.10. The monoisotopic (exact) mass is 826 g/mol. The summed E-state index contributed by atoms with van der Waals surface area (Å²) in [7, 11) is 0. The molecule has 0 aliphatic carbocycles. The fourth-order valence-corrected chi connectivity index (χ4v) is 7.91. The molecule has 290 valence electrons. The highest BCUT2D eigenvalue weighted by molar-refractivity contribution is 9.11. The maximum absolute atomic E-state index is 12.3. The number of hydrogen-bond acceptors (Lipinski definition) is 3. The number of benzene rings is 1. The van der Waals surface area contributed by atoms with Crippen LogP contribution >= 0.6 is 31.9 Å². The van der Waals surface area contributed by atoms with Crippen molar-refractivity contribution in [2.75, 3.05) is 19.7 Å². The zero-order valence-electron chi connectivity index (χ0n) is 32.8. The Balaban J connectivity index is 2.02. The van der Waals surface area contributed by atoms with E-state index in [1.54, 1.807) is 0 Å². The smallest absolute Gasteiger partial charge is 0.220 e. The standard InChI is InChI=1S/C43H76Br2N2O3/c1-36(2)26-21-17-13-9-5-7-11-15-19-23-28-41(48)46-31-25-33-50-43-39(44)34-38(35-40(43)45)30-32-47-42(49)29-24-20-16-12-8-6-10-14-18-22-27-37(3)4/h34-37H,5-33H2,1-4H3,(H,46,48)(H,47,49). The van der Waals surface area contributed by atoms with E-state index in [2.05, 4.69) is 82.3 Å². The number of ether oxygens (including phenoxy) is 1. The molecule has 2 amide bonds. The molecule has 0 spiro atoms. The van der Waals surface area contributed by atoms with Gasteiger partial charge >= 0.3 is 0 Å². The Hall–Kier alpha value is -1.08. The van der Waals surface area contributed by atoms with Crippen LogP contribution in [0.25, 0.3) is 0 Å². The van der Waals surface area contributed by atoms with Crippen LogP contribution in [-0.2, 0) is 16.0 Å². The Morgan fingerprint density at radius 1 is 0.540 bits per heavy atom. The predicted molar refractivity (Wildman–Crippen MR) is 222 cm³/mol. The van der Waals surface area contributed by atoms with Crippen molar-refractivity contribution in [2.24, 2.45) is 11.8 Å². The van der Waals surface area contributed by atoms with Gasteiger partial charge < -0.3 is 15.4 Å². The van der Waals surface area contributed by atoms with Crippen LogP contribution in [0.5, 0.6) is 5.75 Å². The van der Waals surface area contributed by atoms with Gasteiger partial charge in [0.15, 0.2) is 0 Å². The Labute approximate surface area is 325 Å². The molecule has 50 heavy (non-hydrogen) atoms. The van der Waals surface area contributed by atoms with Crippen LogP contribution in [0.4, 0.5) is 0 Å². The first-order chi connectivity index (χ1) is 24.2. The molecular weight excluding hydrogens is 752 g/mol. The summed E-state index contributed by atoms with van der Waals surface area (Å²) in [5.41, 5.74) is 1.14. The maximum atomic E-state index is 12.3. The van der Waals surface area contributed by atoms with Crippen molar-refractivity contribution in [2.45, 2.75) is 195 Å². The van der Waals surface area contributed by atoms with E-state index in [4.69, 9.17) is 4.74 Å². The number of halogens is 2. The number of carbonyl (C=O) groups is 2. The number of hydrogen-bond donors (Lipinski definition) is 2. The van der Waals surface area contributed by atoms with Crippen LogP contribution in [0, 0.1) is 11.8 Å². The number of amides is 2. The van der Waals surface area contributed by atoms with Gasteiger partial charge in [0.1, 0.15) is 5.75 Å². The second-order valence-corrected chi connectivity index (χ2v) is 17.2. The third-order valence-electron chi connectivity index (χ3n) is 9.55. The normalized spacial score (nSPS) is 11.4. The molecule has 2 N–H and O–H groups in total. The van der Waals surface area contributed by atoms with E-state index in [0.29, 0.717) is 32.5 Å². The molecule has 0 bridgehead atoms. The van der Waals surface area contributed by atoms with E-state index < -0.39 is 0 Å². The van der Waals surface area contributed by atoms with E-state index in [1.165, 1.54) is 116 Å². The summed E-state index contributed by atoms with van der Waals surface area (Å²) in [6.07, 6.45) is 31.3. The molecule has 0 saturated heterocycles. The van der Waals surface area contributed by atoms with Crippen molar-refractivity contribution in [3.05, 3.63) is 26.6 Å². The van der Waals surface area contributed by atoms with Crippen molar-refractivity contribution in [3.8, 4) is 5.75 Å². The van der Waals surface area contributed by atoms with Gasteiger partial charge in [-0.2, -0.15) is 0 Å². The zero-order chi connectivity index (χ0) is 36.7. The Morgan fingerprint density at radius 3 is 1.30 bits per heavy atom. The third kappa shape index (κ3) is 28.5. The van der Waals surface area contributed by atoms with Crippen LogP contribution in [0.15, 0.2) is 21.1 Å². The highest BCUT2D eigenvalue weighted by atomic mass is 79.9. The third-order valence-corrected chi connectivity index (χ3v) is 10.7. The van der Waals surface area contributed by atoms with E-state index in [0.717, 1.165) is 70.6 Å². The summed E-state index contributed by atoms with van der Waals surface area (Å²) < 4.78 is 7.81. The molecule has 0 unspecified atom stereocenters. The summed E-state index contributed by atoms with van der Waals surface area (Å²) in [5.74, 6) is 2.76. The molecule has 0 atom stereocenters. The fraction of sp³-hybridized carbons (Fsp3) is 0.814. The zero-order valence-corrected chi connectivity index (χ0v) is 36.0. The first-order valence-corrected chi connectivity index (χ1v) is 22.4. The van der Waals surface area contributed by atoms with Crippen LogP contribution < -0.4 is 15.4 Å². The largest absolute Gasteiger partial charge is 0.491 e. The second-order valence-electron chi connectivity index (χ2n) is 15.5. The first kappa shape index (κ1) is 46.9. The lowest BCUT2D eigenvalue weighted by Crippen LogP contribution is -2.25. The highest BCUT2D eigenvalue weighted by Crippen LogP contribution is 2.35. The van der Waals surface area contributed by atoms with E-state index >= 15 is 0 Å². The molecule has 0 radical (unpaired) electrons. The SMILES string of the molecule is CC(C)CCCCCCCCCCCCC(=O)NCCCOc1c(Br)cc(CCNC(=O)CCCCCCCCCCCCC(C)C)cc1Br. The average Bonchev–Trinajstić information content (AvgIpc) is 3.06. The van der Waals surface area contributed by atoms with Crippen molar-refractivity contribution in [1.29, 1.82) is 0 Å². The summed E-state index contributed by atoms with van der Waals surface area (Å²) in [6.45, 7) is 11.0. The van der Waals surface area contributed by atoms with E-state index in [9.17, 15) is 9.59 Å². The molecule has 0 saturated carbocycles. The minimum absolute atomic E-state index is 0.147. The topological polar surface area (TPSA) is 67.4 Å². The van der Waals surface area contributed by atoms with Gasteiger partial charge in [-0.1, -0.05) is 156 Å². The molecule has 1 rings (SSSR count). The molecule has 0 aromatic heterocycles. The molecule has 0 fully saturated rings. The summed E-state index contributed by atoms with van der Waals surface area (Å²) in [5, 5.41) is 6.13. The fourth-order valence-electron chi connectivity index (χ4n) is 6.40. The van der Waals surface area contributed by atoms with Gasteiger partial charge in [-0.25, -0.2) is 0 Å². The summed E-state index contributed by atoms with van der Waals surface area (Å²) in [4.78, 5) is 24.5. The van der Waals surface area contributed by atoms with Gasteiger partial charge in [-0.15, -0.1) is 0 Å². The molecule has 1 aromatic rings. The summed E-state index contributed by atoms with van der Waals surface area (Å²) >= 11 is 7.31. The molecule has 0 aliphatic heterocycles. The molecule has 0 aliphatic rings. The van der Waals surface area contributed by atoms with Crippen molar-refractivity contribution in [1.82, 2.24) is 10.6 Å². The Bertz CT molecular complexity index is 962. The van der Waals surface area contributed by atoms with Crippen LogP contribution in [0.2, 0.25) is 0 Å². The minimum Gasteiger partial charge on any atom is -0.491 e. The molecular formula is C43H76Br2N2O3. The first-order valence-electron chi connectivity index (χ1n) is 20.8. The van der Waals surface area contributed by atoms with Crippen molar-refractivity contribution < 1.29 is 14.3 Å². The quantitative estimate of drug-likeness (QED) is 0.0680. The van der Waals surface area contributed by atoms with Gasteiger partial charge in [-0.3, -0.25) is 9.59 Å². The molecule has 1 aromatic carbocycles. The van der Waals surface area contributed by atoms with E-state index in [-0.39, 0.29) is 11.8 Å². The van der Waals surface area contributed by atoms with Gasteiger partial charge in [0.05, 0.1) is 15.6 Å². The predicted octanol–water partition coefficient (Wildman–Crippen LogP) is 13.4. The number of nitrogens with one attached hydrogen (secondary N) is 2. The lowest BCUT2D eigenvalue weighted by Gasteiger charge is -2.13. The van der Waals surface area contributed by atoms with Gasteiger partial charge in [-0.05, 0) is 87.1 Å². The maximum Gasteiger partial charge on any atom is 0.220 e. The van der Waals surface area contributed by atoms with Gasteiger partial charge in [0.25, 0.3) is 0 Å². The molecule has 5 nitrogen and oxygen atoms in total. The lowest BCUT2D eigenvalue weighted by molar-refractivity contribution is -0.122. The average molecular weight is 829 g/mol. The second kappa shape index (κ2) is 32.6. The molecule has 7 heteroatoms. The van der Waals surface area contributed by atoms with Crippen molar-refractivity contribution in [3.63, 3.8) is 0 Å². The number of carbonyl (C=O) groups excluding carboxylic acids is 2. The Morgan fingerprint density at radius 2 is 0.900 bits per heavy atom. The van der Waals surface area contributed by atoms with Crippen molar-refractivity contribution >= 4 is 43.7 Å². The number of rotatable bonds is 34. The van der Waals surface area contributed by atoms with E-state index in [1.807, 2.05) is 0 Å². The van der Waals surface area contributed by atoms with Crippen LogP contribution in [-0.4, -0.2) is 31.5 Å². The summed E-state index contributed by atoms with van der Waals surface area (Å²) in [6, 6.07) is 4.13. The van der Waals surface area contributed by atoms with Gasteiger partial charge in [0.2, 0.25) is 11.8 Å². The van der Waals surface area contributed by atoms with Crippen LogP contribution in [0.3, 0.4) is 0 Å². The molecule has 0 heterocycles. The Kier molecular flexibility index (Phi) is 30.6. The van der Waals surface area contributed by atoms with Gasteiger partial charge in [0, 0.05) is 25.9 Å². The lowest BCUT2D eigenvalue weighted by atomic mass is 10.0. The van der Waals surface area contributed by atoms with Crippen LogP contribution in [0.1, 0.15) is 194 Å².